The maximum atomic E-state index is 12.1. The predicted molar refractivity (Wildman–Crippen MR) is 77.1 cm³/mol. The predicted octanol–water partition coefficient (Wildman–Crippen LogP) is 2.81. The van der Waals surface area contributed by atoms with E-state index in [1.54, 1.807) is 13.1 Å². The van der Waals surface area contributed by atoms with Crippen LogP contribution in [0.3, 0.4) is 0 Å². The summed E-state index contributed by atoms with van der Waals surface area (Å²) in [5.74, 6) is 0.195. The van der Waals surface area contributed by atoms with E-state index in [-0.39, 0.29) is 23.6 Å². The van der Waals surface area contributed by atoms with Gasteiger partial charge in [0.1, 0.15) is 5.78 Å². The van der Waals surface area contributed by atoms with E-state index in [2.05, 4.69) is 4.98 Å². The summed E-state index contributed by atoms with van der Waals surface area (Å²) in [6.07, 6.45) is 2.71. The van der Waals surface area contributed by atoms with Gasteiger partial charge < -0.3 is 4.74 Å². The van der Waals surface area contributed by atoms with E-state index in [0.717, 1.165) is 5.69 Å². The smallest absolute Gasteiger partial charge is 0.306 e. The number of hydrogen-bond donors (Lipinski definition) is 0. The summed E-state index contributed by atoms with van der Waals surface area (Å²) in [7, 11) is 0. The van der Waals surface area contributed by atoms with Crippen LogP contribution in [0, 0.1) is 11.8 Å². The van der Waals surface area contributed by atoms with Gasteiger partial charge in [0.25, 0.3) is 0 Å². The molecule has 0 fully saturated rings. The van der Waals surface area contributed by atoms with Crippen LogP contribution in [0.2, 0.25) is 0 Å². The molecule has 110 valence electrons. The molecule has 20 heavy (non-hydrogen) atoms. The molecule has 1 heterocycles. The molecule has 0 aliphatic rings. The van der Waals surface area contributed by atoms with Crippen LogP contribution in [0.5, 0.6) is 0 Å². The fourth-order valence-electron chi connectivity index (χ4n) is 2.05. The summed E-state index contributed by atoms with van der Waals surface area (Å²) in [6.45, 7) is 6.22. The van der Waals surface area contributed by atoms with Gasteiger partial charge in [0.15, 0.2) is 0 Å². The Morgan fingerprint density at radius 3 is 2.55 bits per heavy atom. The summed E-state index contributed by atoms with van der Waals surface area (Å²) >= 11 is 0. The molecule has 0 radical (unpaired) electrons. The van der Waals surface area contributed by atoms with Crippen molar-refractivity contribution in [3.8, 4) is 0 Å². The average Bonchev–Trinajstić information content (AvgIpc) is 2.39. The van der Waals surface area contributed by atoms with Crippen molar-refractivity contribution in [3.05, 3.63) is 30.1 Å². The lowest BCUT2D eigenvalue weighted by atomic mass is 9.87. The molecule has 1 aromatic rings. The van der Waals surface area contributed by atoms with E-state index in [0.29, 0.717) is 25.9 Å². The highest BCUT2D eigenvalue weighted by Gasteiger charge is 2.21. The summed E-state index contributed by atoms with van der Waals surface area (Å²) in [4.78, 5) is 27.8. The van der Waals surface area contributed by atoms with E-state index in [1.807, 2.05) is 32.0 Å². The van der Waals surface area contributed by atoms with Gasteiger partial charge in [-0.25, -0.2) is 0 Å². The summed E-state index contributed by atoms with van der Waals surface area (Å²) in [5.41, 5.74) is 0.774. The molecule has 1 unspecified atom stereocenters. The molecule has 0 bridgehead atoms. The summed E-state index contributed by atoms with van der Waals surface area (Å²) < 4.78 is 4.96. The van der Waals surface area contributed by atoms with Crippen LogP contribution in [0.1, 0.15) is 39.3 Å². The zero-order valence-corrected chi connectivity index (χ0v) is 12.5. The first-order valence-corrected chi connectivity index (χ1v) is 7.10. The van der Waals surface area contributed by atoms with Crippen molar-refractivity contribution in [1.29, 1.82) is 0 Å². The topological polar surface area (TPSA) is 56.3 Å². The largest absolute Gasteiger partial charge is 0.466 e. The molecule has 1 aromatic heterocycles. The standard InChI is InChI=1S/C16H23NO3/c1-4-20-16(19)10-13(12(2)3)9-15(18)11-14-7-5-6-8-17-14/h5-8,12-13H,4,9-11H2,1-3H3. The van der Waals surface area contributed by atoms with E-state index in [1.165, 1.54) is 0 Å². The third-order valence-electron chi connectivity index (χ3n) is 3.27. The number of aromatic nitrogens is 1. The highest BCUT2D eigenvalue weighted by molar-refractivity contribution is 5.81. The van der Waals surface area contributed by atoms with E-state index < -0.39 is 0 Å². The van der Waals surface area contributed by atoms with Crippen LogP contribution >= 0.6 is 0 Å². The van der Waals surface area contributed by atoms with Crippen molar-refractivity contribution in [2.24, 2.45) is 11.8 Å². The van der Waals surface area contributed by atoms with Crippen molar-refractivity contribution in [1.82, 2.24) is 4.98 Å². The van der Waals surface area contributed by atoms with Gasteiger partial charge in [-0.2, -0.15) is 0 Å². The molecule has 0 saturated heterocycles. The van der Waals surface area contributed by atoms with Crippen molar-refractivity contribution in [2.75, 3.05) is 6.61 Å². The number of carbonyl (C=O) groups is 2. The molecule has 4 heteroatoms. The molecule has 0 aliphatic heterocycles. The van der Waals surface area contributed by atoms with Gasteiger partial charge in [-0.1, -0.05) is 19.9 Å². The lowest BCUT2D eigenvalue weighted by Gasteiger charge is -2.19. The van der Waals surface area contributed by atoms with Crippen LogP contribution in [-0.4, -0.2) is 23.3 Å². The minimum absolute atomic E-state index is 0.0327. The number of Topliss-reactive ketones (excluding diaryl/α,β-unsaturated/α-hetero) is 1. The monoisotopic (exact) mass is 277 g/mol. The van der Waals surface area contributed by atoms with Crippen molar-refractivity contribution in [3.63, 3.8) is 0 Å². The number of rotatable bonds is 8. The molecule has 0 spiro atoms. The van der Waals surface area contributed by atoms with E-state index >= 15 is 0 Å². The molecule has 0 N–H and O–H groups in total. The fraction of sp³-hybridized carbons (Fsp3) is 0.562. The zero-order valence-electron chi connectivity index (χ0n) is 12.5. The normalized spacial score (nSPS) is 12.2. The van der Waals surface area contributed by atoms with Crippen LogP contribution in [0.25, 0.3) is 0 Å². The quantitative estimate of drug-likeness (QED) is 0.686. The highest BCUT2D eigenvalue weighted by atomic mass is 16.5. The second-order valence-electron chi connectivity index (χ2n) is 5.25. The Bertz CT molecular complexity index is 429. The number of esters is 1. The minimum atomic E-state index is -0.225. The number of ketones is 1. The molecule has 1 rings (SSSR count). The Labute approximate surface area is 120 Å². The molecular weight excluding hydrogens is 254 g/mol. The average molecular weight is 277 g/mol. The fourth-order valence-corrected chi connectivity index (χ4v) is 2.05. The third kappa shape index (κ3) is 5.95. The van der Waals surface area contributed by atoms with Gasteiger partial charge >= 0.3 is 5.97 Å². The molecule has 0 aliphatic carbocycles. The van der Waals surface area contributed by atoms with Gasteiger partial charge in [0, 0.05) is 31.2 Å². The Morgan fingerprint density at radius 2 is 2.00 bits per heavy atom. The minimum Gasteiger partial charge on any atom is -0.466 e. The highest BCUT2D eigenvalue weighted by Crippen LogP contribution is 2.21. The Morgan fingerprint density at radius 1 is 1.25 bits per heavy atom. The van der Waals surface area contributed by atoms with Crippen molar-refractivity contribution >= 4 is 11.8 Å². The molecule has 1 atom stereocenters. The third-order valence-corrected chi connectivity index (χ3v) is 3.27. The van der Waals surface area contributed by atoms with Gasteiger partial charge in [-0.05, 0) is 30.9 Å². The maximum absolute atomic E-state index is 12.1. The van der Waals surface area contributed by atoms with Gasteiger partial charge in [-0.15, -0.1) is 0 Å². The van der Waals surface area contributed by atoms with E-state index in [9.17, 15) is 9.59 Å². The van der Waals surface area contributed by atoms with Crippen molar-refractivity contribution in [2.45, 2.75) is 40.0 Å². The molecule has 4 nitrogen and oxygen atoms in total. The lowest BCUT2D eigenvalue weighted by molar-refractivity contribution is -0.144. The molecule has 0 amide bonds. The van der Waals surface area contributed by atoms with E-state index in [4.69, 9.17) is 4.74 Å². The summed E-state index contributed by atoms with van der Waals surface area (Å²) in [5, 5.41) is 0. The number of nitrogens with zero attached hydrogens (tertiary/aromatic N) is 1. The van der Waals surface area contributed by atoms with Gasteiger partial charge in [0.2, 0.25) is 0 Å². The Balaban J connectivity index is 2.53. The molecule has 0 aromatic carbocycles. The Hall–Kier alpha value is -1.71. The first-order chi connectivity index (χ1) is 9.52. The van der Waals surface area contributed by atoms with Crippen molar-refractivity contribution < 1.29 is 14.3 Å². The van der Waals surface area contributed by atoms with Gasteiger partial charge in [-0.3, -0.25) is 14.6 Å². The maximum Gasteiger partial charge on any atom is 0.306 e. The molecule has 0 saturated carbocycles. The molecular formula is C16H23NO3. The Kier molecular flexibility index (Phi) is 6.91. The second-order valence-corrected chi connectivity index (χ2v) is 5.25. The summed E-state index contributed by atoms with van der Waals surface area (Å²) in [6, 6.07) is 5.54. The first-order valence-electron chi connectivity index (χ1n) is 7.10. The van der Waals surface area contributed by atoms with Crippen LogP contribution in [0.15, 0.2) is 24.4 Å². The van der Waals surface area contributed by atoms with Crippen LogP contribution < -0.4 is 0 Å². The first kappa shape index (κ1) is 16.3. The van der Waals surface area contributed by atoms with Gasteiger partial charge in [0.05, 0.1) is 6.61 Å². The number of hydrogen-bond acceptors (Lipinski definition) is 4. The zero-order chi connectivity index (χ0) is 15.0. The number of carbonyl (C=O) groups excluding carboxylic acids is 2. The lowest BCUT2D eigenvalue weighted by Crippen LogP contribution is -2.20. The number of pyridine rings is 1. The number of ether oxygens (including phenoxy) is 1. The van der Waals surface area contributed by atoms with Crippen LogP contribution in [0.4, 0.5) is 0 Å². The SMILES string of the molecule is CCOC(=O)CC(CC(=O)Cc1ccccn1)C(C)C. The second kappa shape index (κ2) is 8.46. The van der Waals surface area contributed by atoms with Crippen LogP contribution in [-0.2, 0) is 20.7 Å².